The second-order valence-electron chi connectivity index (χ2n) is 7.61. The Bertz CT molecular complexity index is 1370. The number of ether oxygens (including phenoxy) is 3. The minimum absolute atomic E-state index is 0.0903. The average Bonchev–Trinajstić information content (AvgIpc) is 2.86. The normalized spacial score (nSPS) is 14.6. The first kappa shape index (κ1) is 24.9. The van der Waals surface area contributed by atoms with Crippen LogP contribution >= 0.6 is 15.9 Å². The van der Waals surface area contributed by atoms with Gasteiger partial charge < -0.3 is 14.2 Å². The van der Waals surface area contributed by atoms with Crippen LogP contribution in [0.2, 0.25) is 0 Å². The lowest BCUT2D eigenvalue weighted by Gasteiger charge is -2.26. The first-order valence-electron chi connectivity index (χ1n) is 10.6. The van der Waals surface area contributed by atoms with Gasteiger partial charge in [0.25, 0.3) is 11.8 Å². The Morgan fingerprint density at radius 1 is 1.00 bits per heavy atom. The second-order valence-corrected chi connectivity index (χ2v) is 8.46. The molecule has 0 bridgehead atoms. The van der Waals surface area contributed by atoms with E-state index in [1.54, 1.807) is 36.4 Å². The van der Waals surface area contributed by atoms with Gasteiger partial charge in [-0.3, -0.25) is 14.9 Å². The van der Waals surface area contributed by atoms with Crippen LogP contribution in [0.1, 0.15) is 11.1 Å². The number of carbonyl (C=O) groups is 3. The Balaban J connectivity index is 1.63. The zero-order valence-electron chi connectivity index (χ0n) is 19.2. The number of nitrogens with zero attached hydrogens (tertiary/aromatic N) is 1. The van der Waals surface area contributed by atoms with E-state index < -0.39 is 17.8 Å². The maximum atomic E-state index is 13.5. The van der Waals surface area contributed by atoms with Gasteiger partial charge in [-0.25, -0.2) is 14.1 Å². The summed E-state index contributed by atoms with van der Waals surface area (Å²) in [7, 11) is 2.94. The van der Waals surface area contributed by atoms with Crippen LogP contribution in [0, 0.1) is 5.82 Å². The minimum atomic E-state index is -0.854. The van der Waals surface area contributed by atoms with Gasteiger partial charge in [-0.05, 0) is 81.7 Å². The molecule has 0 unspecified atom stereocenters. The van der Waals surface area contributed by atoms with Crippen LogP contribution in [-0.4, -0.2) is 32.1 Å². The molecule has 1 saturated heterocycles. The van der Waals surface area contributed by atoms with Gasteiger partial charge >= 0.3 is 6.03 Å². The molecule has 0 aromatic heterocycles. The molecule has 0 aliphatic carbocycles. The lowest BCUT2D eigenvalue weighted by molar-refractivity contribution is -0.122. The van der Waals surface area contributed by atoms with Gasteiger partial charge in [-0.1, -0.05) is 12.1 Å². The van der Waals surface area contributed by atoms with Crippen molar-refractivity contribution in [1.29, 1.82) is 0 Å². The van der Waals surface area contributed by atoms with E-state index in [2.05, 4.69) is 21.2 Å². The van der Waals surface area contributed by atoms with Crippen LogP contribution in [0.4, 0.5) is 14.9 Å². The number of imide groups is 2. The number of anilines is 1. The number of carbonyl (C=O) groups excluding carboxylic acids is 3. The fourth-order valence-corrected chi connectivity index (χ4v) is 4.11. The number of benzene rings is 3. The molecule has 0 atom stereocenters. The number of methoxy groups -OCH3 is 2. The molecule has 36 heavy (non-hydrogen) atoms. The average molecular weight is 555 g/mol. The molecular formula is C26H20BrFN2O6. The van der Waals surface area contributed by atoms with Crippen molar-refractivity contribution in [2.75, 3.05) is 19.1 Å². The monoisotopic (exact) mass is 554 g/mol. The lowest BCUT2D eigenvalue weighted by atomic mass is 10.1. The lowest BCUT2D eigenvalue weighted by Crippen LogP contribution is -2.54. The zero-order chi connectivity index (χ0) is 25.8. The van der Waals surface area contributed by atoms with Crippen molar-refractivity contribution in [3.05, 3.63) is 87.7 Å². The number of barbiturate groups is 1. The van der Waals surface area contributed by atoms with Crippen LogP contribution < -0.4 is 24.4 Å². The molecule has 184 valence electrons. The fourth-order valence-electron chi connectivity index (χ4n) is 3.54. The van der Waals surface area contributed by atoms with Crippen molar-refractivity contribution < 1.29 is 33.0 Å². The van der Waals surface area contributed by atoms with E-state index in [1.807, 2.05) is 0 Å². The van der Waals surface area contributed by atoms with Crippen LogP contribution in [0.15, 0.2) is 70.7 Å². The molecule has 4 amide bonds. The highest BCUT2D eigenvalue weighted by atomic mass is 79.9. The van der Waals surface area contributed by atoms with Crippen LogP contribution in [0.3, 0.4) is 0 Å². The summed E-state index contributed by atoms with van der Waals surface area (Å²) in [4.78, 5) is 39.0. The van der Waals surface area contributed by atoms with Gasteiger partial charge in [0.15, 0.2) is 11.5 Å². The van der Waals surface area contributed by atoms with E-state index >= 15 is 0 Å². The first-order valence-corrected chi connectivity index (χ1v) is 11.4. The molecule has 0 spiro atoms. The highest BCUT2D eigenvalue weighted by molar-refractivity contribution is 9.10. The van der Waals surface area contributed by atoms with Crippen molar-refractivity contribution in [2.24, 2.45) is 0 Å². The third-order valence-electron chi connectivity index (χ3n) is 5.27. The van der Waals surface area contributed by atoms with Gasteiger partial charge in [-0.15, -0.1) is 0 Å². The van der Waals surface area contributed by atoms with Gasteiger partial charge in [0.2, 0.25) is 0 Å². The van der Waals surface area contributed by atoms with Crippen molar-refractivity contribution in [3.63, 3.8) is 0 Å². The van der Waals surface area contributed by atoms with Gasteiger partial charge in [0, 0.05) is 0 Å². The molecule has 0 radical (unpaired) electrons. The Kier molecular flexibility index (Phi) is 7.35. The summed E-state index contributed by atoms with van der Waals surface area (Å²) in [5.74, 6) is -0.752. The van der Waals surface area contributed by atoms with E-state index in [0.29, 0.717) is 32.8 Å². The van der Waals surface area contributed by atoms with Gasteiger partial charge in [0.1, 0.15) is 23.7 Å². The topological polar surface area (TPSA) is 94.2 Å². The fraction of sp³-hybridized carbons (Fsp3) is 0.115. The minimum Gasteiger partial charge on any atom is -0.497 e. The summed E-state index contributed by atoms with van der Waals surface area (Å²) < 4.78 is 30.3. The summed E-state index contributed by atoms with van der Waals surface area (Å²) in [6.07, 6.45) is 1.35. The number of amides is 4. The summed E-state index contributed by atoms with van der Waals surface area (Å²) in [5, 5.41) is 2.18. The van der Waals surface area contributed by atoms with E-state index in [-0.39, 0.29) is 23.7 Å². The molecular weight excluding hydrogens is 535 g/mol. The number of rotatable bonds is 7. The number of halogens is 2. The first-order chi connectivity index (χ1) is 17.3. The smallest absolute Gasteiger partial charge is 0.335 e. The Morgan fingerprint density at radius 3 is 2.42 bits per heavy atom. The van der Waals surface area contributed by atoms with Crippen molar-refractivity contribution in [2.45, 2.75) is 6.61 Å². The largest absolute Gasteiger partial charge is 0.497 e. The molecule has 1 aliphatic rings. The molecule has 8 nitrogen and oxygen atoms in total. The number of urea groups is 1. The third kappa shape index (κ3) is 5.23. The molecule has 3 aromatic rings. The van der Waals surface area contributed by atoms with E-state index in [0.717, 1.165) is 4.90 Å². The van der Waals surface area contributed by atoms with Crippen molar-refractivity contribution in [1.82, 2.24) is 5.32 Å². The molecule has 4 rings (SSSR count). The summed E-state index contributed by atoms with van der Waals surface area (Å²) in [6.45, 7) is 0.0903. The summed E-state index contributed by atoms with van der Waals surface area (Å²) >= 11 is 3.42. The SMILES string of the molecule is COc1ccc(N2C(=O)NC(=O)/C(=C\c3cc(Br)c(OCc4cccc(F)c4)c(OC)c3)C2=O)cc1. The maximum absolute atomic E-state index is 13.5. The number of hydrogen-bond acceptors (Lipinski definition) is 6. The molecule has 1 heterocycles. The zero-order valence-corrected chi connectivity index (χ0v) is 20.8. The molecule has 3 aromatic carbocycles. The Morgan fingerprint density at radius 2 is 1.75 bits per heavy atom. The Labute approximate surface area is 214 Å². The quantitative estimate of drug-likeness (QED) is 0.331. The van der Waals surface area contributed by atoms with Gasteiger partial charge in [-0.2, -0.15) is 0 Å². The predicted molar refractivity (Wildman–Crippen MR) is 133 cm³/mol. The van der Waals surface area contributed by atoms with Crippen LogP contribution in [-0.2, 0) is 16.2 Å². The van der Waals surface area contributed by atoms with Crippen LogP contribution in [0.5, 0.6) is 17.2 Å². The van der Waals surface area contributed by atoms with E-state index in [1.165, 1.54) is 44.6 Å². The maximum Gasteiger partial charge on any atom is 0.335 e. The molecule has 1 aliphatic heterocycles. The van der Waals surface area contributed by atoms with E-state index in [9.17, 15) is 18.8 Å². The Hall–Kier alpha value is -4.18. The van der Waals surface area contributed by atoms with Crippen molar-refractivity contribution >= 4 is 45.5 Å². The number of nitrogens with one attached hydrogen (secondary N) is 1. The summed E-state index contributed by atoms with van der Waals surface area (Å²) in [5.41, 5.74) is 1.10. The van der Waals surface area contributed by atoms with E-state index in [4.69, 9.17) is 14.2 Å². The molecule has 10 heteroatoms. The molecule has 1 N–H and O–H groups in total. The second kappa shape index (κ2) is 10.6. The standard InChI is InChI=1S/C26H20BrFN2O6/c1-34-19-8-6-18(7-9-19)30-25(32)20(24(31)29-26(30)33)11-16-12-21(27)23(22(13-16)35-2)36-14-15-4-3-5-17(28)10-15/h3-13H,14H2,1-2H3,(H,29,31,33)/b20-11+. The van der Waals surface area contributed by atoms with Crippen molar-refractivity contribution in [3.8, 4) is 17.2 Å². The summed E-state index contributed by atoms with van der Waals surface area (Å²) in [6, 6.07) is 14.6. The molecule has 0 saturated carbocycles. The van der Waals surface area contributed by atoms with Crippen LogP contribution in [0.25, 0.3) is 6.08 Å². The van der Waals surface area contributed by atoms with Gasteiger partial charge in [0.05, 0.1) is 24.4 Å². The highest BCUT2D eigenvalue weighted by Gasteiger charge is 2.36. The predicted octanol–water partition coefficient (Wildman–Crippen LogP) is 4.85. The highest BCUT2D eigenvalue weighted by Crippen LogP contribution is 2.38. The molecule has 1 fully saturated rings. The third-order valence-corrected chi connectivity index (χ3v) is 5.86. The number of hydrogen-bond donors (Lipinski definition) is 1.